The molecule has 19 heavy (non-hydrogen) atoms. The molecule has 2 saturated heterocycles. The molecule has 1 spiro atoms. The minimum Gasteiger partial charge on any atom is -0.399 e. The predicted octanol–water partition coefficient (Wildman–Crippen LogP) is 2.17. The maximum Gasteiger partial charge on any atom is 0.170 e. The summed E-state index contributed by atoms with van der Waals surface area (Å²) in [6.07, 6.45) is 1.92. The normalized spacial score (nSPS) is 24.7. The van der Waals surface area contributed by atoms with Crippen LogP contribution in [0.15, 0.2) is 24.3 Å². The van der Waals surface area contributed by atoms with Crippen LogP contribution in [0.3, 0.4) is 0 Å². The molecule has 2 aliphatic heterocycles. The number of nitrogens with two attached hydrogens (primary N) is 1. The van der Waals surface area contributed by atoms with E-state index in [-0.39, 0.29) is 5.79 Å². The Morgan fingerprint density at radius 3 is 2.53 bits per heavy atom. The highest BCUT2D eigenvalue weighted by atomic mass is 16.7. The second kappa shape index (κ2) is 5.12. The molecule has 2 N–H and O–H groups in total. The monoisotopic (exact) mass is 262 g/mol. The van der Waals surface area contributed by atoms with E-state index in [4.69, 9.17) is 15.2 Å². The predicted molar refractivity (Wildman–Crippen MR) is 74.7 cm³/mol. The number of hydrogen-bond acceptors (Lipinski definition) is 4. The van der Waals surface area contributed by atoms with Crippen LogP contribution >= 0.6 is 0 Å². The molecule has 0 bridgehead atoms. The van der Waals surface area contributed by atoms with Gasteiger partial charge < -0.3 is 15.2 Å². The minimum absolute atomic E-state index is 0.286. The molecule has 4 nitrogen and oxygen atoms in total. The lowest BCUT2D eigenvalue weighted by Gasteiger charge is -2.40. The van der Waals surface area contributed by atoms with Gasteiger partial charge in [0, 0.05) is 37.7 Å². The summed E-state index contributed by atoms with van der Waals surface area (Å²) >= 11 is 0. The van der Waals surface area contributed by atoms with E-state index in [0.29, 0.717) is 6.04 Å². The molecule has 0 radical (unpaired) electrons. The fraction of sp³-hybridized carbons (Fsp3) is 0.600. The molecule has 2 aliphatic rings. The summed E-state index contributed by atoms with van der Waals surface area (Å²) < 4.78 is 11.5. The Kier molecular flexibility index (Phi) is 3.48. The van der Waals surface area contributed by atoms with Crippen molar-refractivity contribution in [1.82, 2.24) is 4.90 Å². The van der Waals surface area contributed by atoms with Gasteiger partial charge in [-0.1, -0.05) is 12.1 Å². The Hall–Kier alpha value is -1.10. The molecule has 2 heterocycles. The van der Waals surface area contributed by atoms with Crippen molar-refractivity contribution in [3.63, 3.8) is 0 Å². The summed E-state index contributed by atoms with van der Waals surface area (Å²) in [4.78, 5) is 2.48. The number of piperidine rings is 1. The zero-order valence-electron chi connectivity index (χ0n) is 11.5. The van der Waals surface area contributed by atoms with Crippen LogP contribution in [-0.2, 0) is 9.47 Å². The summed E-state index contributed by atoms with van der Waals surface area (Å²) in [5.74, 6) is -0.286. The van der Waals surface area contributed by atoms with Crippen LogP contribution in [0.25, 0.3) is 0 Å². The van der Waals surface area contributed by atoms with Gasteiger partial charge in [0.2, 0.25) is 0 Å². The fourth-order valence-electron chi connectivity index (χ4n) is 3.07. The maximum absolute atomic E-state index is 5.86. The number of rotatable bonds is 2. The first kappa shape index (κ1) is 12.9. The average Bonchev–Trinajstić information content (AvgIpc) is 2.87. The topological polar surface area (TPSA) is 47.7 Å². The SMILES string of the molecule is CC(c1cccc(N)c1)N1CCC2(CC1)OCCO2. The Morgan fingerprint density at radius 1 is 1.21 bits per heavy atom. The van der Waals surface area contributed by atoms with E-state index in [1.807, 2.05) is 12.1 Å². The van der Waals surface area contributed by atoms with Crippen LogP contribution in [0.2, 0.25) is 0 Å². The molecule has 2 fully saturated rings. The molecule has 0 aliphatic carbocycles. The molecule has 104 valence electrons. The van der Waals surface area contributed by atoms with Gasteiger partial charge in [-0.3, -0.25) is 4.90 Å². The molecule has 1 aromatic rings. The molecular formula is C15H22N2O2. The quantitative estimate of drug-likeness (QED) is 0.830. The Morgan fingerprint density at radius 2 is 1.89 bits per heavy atom. The number of ether oxygens (including phenoxy) is 2. The summed E-state index contributed by atoms with van der Waals surface area (Å²) in [5, 5.41) is 0. The van der Waals surface area contributed by atoms with E-state index in [1.165, 1.54) is 5.56 Å². The lowest BCUT2D eigenvalue weighted by atomic mass is 9.99. The lowest BCUT2D eigenvalue weighted by molar-refractivity contribution is -0.187. The Bertz CT molecular complexity index is 434. The van der Waals surface area contributed by atoms with E-state index in [9.17, 15) is 0 Å². The molecule has 1 aromatic carbocycles. The van der Waals surface area contributed by atoms with Crippen molar-refractivity contribution in [2.24, 2.45) is 0 Å². The molecule has 1 unspecified atom stereocenters. The van der Waals surface area contributed by atoms with Gasteiger partial charge in [-0.25, -0.2) is 0 Å². The average molecular weight is 262 g/mol. The van der Waals surface area contributed by atoms with Crippen LogP contribution in [0, 0.1) is 0 Å². The molecule has 0 aromatic heterocycles. The summed E-state index contributed by atoms with van der Waals surface area (Å²) in [7, 11) is 0. The van der Waals surface area contributed by atoms with Gasteiger partial charge >= 0.3 is 0 Å². The van der Waals surface area contributed by atoms with Gasteiger partial charge in [-0.15, -0.1) is 0 Å². The Balaban J connectivity index is 1.64. The van der Waals surface area contributed by atoms with Crippen molar-refractivity contribution >= 4 is 5.69 Å². The first-order valence-electron chi connectivity index (χ1n) is 7.06. The molecule has 1 atom stereocenters. The fourth-order valence-corrected chi connectivity index (χ4v) is 3.07. The van der Waals surface area contributed by atoms with E-state index in [2.05, 4.69) is 24.0 Å². The first-order chi connectivity index (χ1) is 9.19. The van der Waals surface area contributed by atoms with Gasteiger partial charge in [0.1, 0.15) is 0 Å². The van der Waals surface area contributed by atoms with Crippen molar-refractivity contribution < 1.29 is 9.47 Å². The Labute approximate surface area is 114 Å². The van der Waals surface area contributed by atoms with E-state index < -0.39 is 0 Å². The molecule has 0 amide bonds. The number of likely N-dealkylation sites (tertiary alicyclic amines) is 1. The zero-order valence-corrected chi connectivity index (χ0v) is 11.5. The summed E-state index contributed by atoms with van der Waals surface area (Å²) in [5.41, 5.74) is 7.98. The minimum atomic E-state index is -0.286. The highest BCUT2D eigenvalue weighted by Gasteiger charge is 2.40. The number of benzene rings is 1. The van der Waals surface area contributed by atoms with Gasteiger partial charge in [0.05, 0.1) is 13.2 Å². The maximum atomic E-state index is 5.86. The van der Waals surface area contributed by atoms with Gasteiger partial charge in [0.15, 0.2) is 5.79 Å². The van der Waals surface area contributed by atoms with Gasteiger partial charge in [-0.2, -0.15) is 0 Å². The third-order valence-corrected chi connectivity index (χ3v) is 4.31. The summed E-state index contributed by atoms with van der Waals surface area (Å²) in [6.45, 7) is 5.74. The van der Waals surface area contributed by atoms with Crippen molar-refractivity contribution in [3.8, 4) is 0 Å². The number of nitrogen functional groups attached to an aromatic ring is 1. The van der Waals surface area contributed by atoms with Crippen LogP contribution in [0.4, 0.5) is 5.69 Å². The molecular weight excluding hydrogens is 240 g/mol. The summed E-state index contributed by atoms with van der Waals surface area (Å²) in [6, 6.07) is 8.56. The second-order valence-corrected chi connectivity index (χ2v) is 5.49. The zero-order chi connectivity index (χ0) is 13.3. The smallest absolute Gasteiger partial charge is 0.170 e. The van der Waals surface area contributed by atoms with Gasteiger partial charge in [0.25, 0.3) is 0 Å². The molecule has 4 heteroatoms. The van der Waals surface area contributed by atoms with Crippen molar-refractivity contribution in [2.45, 2.75) is 31.6 Å². The van der Waals surface area contributed by atoms with Crippen molar-refractivity contribution in [3.05, 3.63) is 29.8 Å². The standard InChI is InChI=1S/C15H22N2O2/c1-12(13-3-2-4-14(16)11-13)17-7-5-15(6-8-17)18-9-10-19-15/h2-4,11-12H,5-10,16H2,1H3. The van der Waals surface area contributed by atoms with E-state index >= 15 is 0 Å². The molecule has 0 saturated carbocycles. The van der Waals surface area contributed by atoms with Crippen LogP contribution in [0.1, 0.15) is 31.4 Å². The number of nitrogens with zero attached hydrogens (tertiary/aromatic N) is 1. The van der Waals surface area contributed by atoms with Crippen molar-refractivity contribution in [1.29, 1.82) is 0 Å². The third kappa shape index (κ3) is 2.61. The number of anilines is 1. The largest absolute Gasteiger partial charge is 0.399 e. The van der Waals surface area contributed by atoms with Gasteiger partial charge in [-0.05, 0) is 24.6 Å². The van der Waals surface area contributed by atoms with E-state index in [1.54, 1.807) is 0 Å². The van der Waals surface area contributed by atoms with E-state index in [0.717, 1.165) is 44.8 Å². The van der Waals surface area contributed by atoms with Crippen LogP contribution < -0.4 is 5.73 Å². The lowest BCUT2D eigenvalue weighted by Crippen LogP contribution is -2.45. The van der Waals surface area contributed by atoms with Crippen LogP contribution in [-0.4, -0.2) is 37.0 Å². The first-order valence-corrected chi connectivity index (χ1v) is 7.06. The van der Waals surface area contributed by atoms with Crippen molar-refractivity contribution in [2.75, 3.05) is 32.0 Å². The number of hydrogen-bond donors (Lipinski definition) is 1. The highest BCUT2D eigenvalue weighted by molar-refractivity contribution is 5.41. The van der Waals surface area contributed by atoms with Crippen LogP contribution in [0.5, 0.6) is 0 Å². The second-order valence-electron chi connectivity index (χ2n) is 5.49. The third-order valence-electron chi connectivity index (χ3n) is 4.31. The molecule has 3 rings (SSSR count). The highest BCUT2D eigenvalue weighted by Crippen LogP contribution is 2.34.